The van der Waals surface area contributed by atoms with Crippen LogP contribution in [0.1, 0.15) is 26.7 Å². The Kier molecular flexibility index (Phi) is 4.95. The van der Waals surface area contributed by atoms with Crippen molar-refractivity contribution in [1.82, 2.24) is 0 Å². The van der Waals surface area contributed by atoms with Gasteiger partial charge in [-0.25, -0.2) is 0 Å². The smallest absolute Gasteiger partial charge is 0.0273 e. The average Bonchev–Trinajstić information content (AvgIpc) is 1.68. The molecule has 1 radical (unpaired) electrons. The van der Waals surface area contributed by atoms with Crippen molar-refractivity contribution < 1.29 is 0 Å². The molecule has 0 aromatic carbocycles. The fourth-order valence-corrected chi connectivity index (χ4v) is 0.957. The van der Waals surface area contributed by atoms with Crippen LogP contribution in [0.2, 0.25) is 0 Å². The maximum absolute atomic E-state index is 3.27. The molecule has 0 amide bonds. The zero-order valence-electron chi connectivity index (χ0n) is 4.95. The molecule has 0 spiro atoms. The van der Waals surface area contributed by atoms with E-state index >= 15 is 0 Å². The summed E-state index contributed by atoms with van der Waals surface area (Å²) < 4.78 is 0. The molecule has 1 unspecified atom stereocenters. The van der Waals surface area contributed by atoms with Crippen LogP contribution in [-0.4, -0.2) is 0 Å². The summed E-state index contributed by atoms with van der Waals surface area (Å²) in [6.45, 7) is 4.46. The molecule has 0 nitrogen and oxygen atoms in total. The van der Waals surface area contributed by atoms with Crippen LogP contribution in [-0.2, 0) is 0 Å². The van der Waals surface area contributed by atoms with Gasteiger partial charge < -0.3 is 0 Å². The largest absolute Gasteiger partial charge is 0.0878 e. The molecule has 0 aromatic heterocycles. The fraction of sp³-hybridized carbons (Fsp3) is 0.833. The number of rotatable bonds is 3. The predicted octanol–water partition coefficient (Wildman–Crippen LogP) is 2.98. The monoisotopic (exact) mass is 163 g/mol. The molecule has 0 saturated carbocycles. The molecule has 0 fully saturated rings. The minimum atomic E-state index is 0.847. The zero-order valence-corrected chi connectivity index (χ0v) is 6.53. The first-order valence-electron chi connectivity index (χ1n) is 2.73. The Morgan fingerprint density at radius 2 is 2.29 bits per heavy atom. The molecular formula is C6H12Br. The van der Waals surface area contributed by atoms with Gasteiger partial charge in [-0.1, -0.05) is 36.2 Å². The third-order valence-electron chi connectivity index (χ3n) is 1.19. The first-order valence-corrected chi connectivity index (χ1v) is 3.64. The van der Waals surface area contributed by atoms with E-state index in [1.165, 1.54) is 12.8 Å². The van der Waals surface area contributed by atoms with Crippen LogP contribution in [0.4, 0.5) is 0 Å². The summed E-state index contributed by atoms with van der Waals surface area (Å²) in [4.78, 5) is 0. The Morgan fingerprint density at radius 3 is 2.43 bits per heavy atom. The van der Waals surface area contributed by atoms with Crippen molar-refractivity contribution in [2.24, 2.45) is 5.92 Å². The van der Waals surface area contributed by atoms with Gasteiger partial charge in [0, 0.05) is 5.33 Å². The molecule has 0 bridgehead atoms. The van der Waals surface area contributed by atoms with Crippen LogP contribution in [0, 0.1) is 11.2 Å². The number of hydrogen-bond acceptors (Lipinski definition) is 0. The topological polar surface area (TPSA) is 0 Å². The molecule has 1 heteroatoms. The Labute approximate surface area is 54.4 Å². The van der Waals surface area contributed by atoms with Crippen molar-refractivity contribution in [3.05, 3.63) is 5.33 Å². The Hall–Kier alpha value is 0.480. The van der Waals surface area contributed by atoms with Gasteiger partial charge in [0.15, 0.2) is 0 Å². The predicted molar refractivity (Wildman–Crippen MR) is 37.3 cm³/mol. The molecule has 0 N–H and O–H groups in total. The van der Waals surface area contributed by atoms with Crippen LogP contribution in [0.25, 0.3) is 0 Å². The summed E-state index contributed by atoms with van der Waals surface area (Å²) in [5.74, 6) is 0.847. The molecule has 1 atom stereocenters. The fourth-order valence-electron chi connectivity index (χ4n) is 0.319. The van der Waals surface area contributed by atoms with Crippen LogP contribution < -0.4 is 0 Å². The van der Waals surface area contributed by atoms with Crippen LogP contribution >= 0.6 is 15.9 Å². The van der Waals surface area contributed by atoms with E-state index in [-0.39, 0.29) is 0 Å². The summed E-state index contributed by atoms with van der Waals surface area (Å²) in [5, 5.41) is 2.04. The molecule has 0 aliphatic heterocycles. The van der Waals surface area contributed by atoms with Gasteiger partial charge in [0.1, 0.15) is 0 Å². The summed E-state index contributed by atoms with van der Waals surface area (Å²) in [6.07, 6.45) is 2.47. The van der Waals surface area contributed by atoms with E-state index in [0.717, 1.165) is 5.92 Å². The lowest BCUT2D eigenvalue weighted by atomic mass is 10.1. The zero-order chi connectivity index (χ0) is 5.70. The molecule has 0 saturated heterocycles. The molecule has 0 aliphatic carbocycles. The van der Waals surface area contributed by atoms with Gasteiger partial charge >= 0.3 is 0 Å². The van der Waals surface area contributed by atoms with Crippen molar-refractivity contribution in [1.29, 1.82) is 0 Å². The second kappa shape index (κ2) is 4.63. The molecule has 0 aromatic rings. The highest BCUT2D eigenvalue weighted by Gasteiger charge is 1.93. The minimum Gasteiger partial charge on any atom is -0.0878 e. The Balaban J connectivity index is 2.83. The lowest BCUT2D eigenvalue weighted by molar-refractivity contribution is 0.567. The van der Waals surface area contributed by atoms with E-state index < -0.39 is 0 Å². The summed E-state index contributed by atoms with van der Waals surface area (Å²) in [6, 6.07) is 0. The SMILES string of the molecule is CCC(C)C[CH]Br. The maximum atomic E-state index is 3.27. The third kappa shape index (κ3) is 4.33. The molecule has 0 aliphatic rings. The van der Waals surface area contributed by atoms with E-state index in [2.05, 4.69) is 29.8 Å². The van der Waals surface area contributed by atoms with Crippen LogP contribution in [0.5, 0.6) is 0 Å². The second-order valence-corrected chi connectivity index (χ2v) is 2.55. The van der Waals surface area contributed by atoms with Crippen molar-refractivity contribution in [2.75, 3.05) is 0 Å². The molecule has 0 rings (SSSR count). The maximum Gasteiger partial charge on any atom is 0.0273 e. The molecular weight excluding hydrogens is 152 g/mol. The van der Waals surface area contributed by atoms with E-state index in [4.69, 9.17) is 0 Å². The van der Waals surface area contributed by atoms with E-state index in [1.54, 1.807) is 0 Å². The first kappa shape index (κ1) is 7.48. The quantitative estimate of drug-likeness (QED) is 0.601. The van der Waals surface area contributed by atoms with Crippen molar-refractivity contribution in [3.63, 3.8) is 0 Å². The van der Waals surface area contributed by atoms with E-state index in [0.29, 0.717) is 0 Å². The minimum absolute atomic E-state index is 0.847. The normalized spacial score (nSPS) is 14.1. The standard InChI is InChI=1S/C6H12Br/c1-3-6(2)4-5-7/h5-6H,3-4H2,1-2H3. The van der Waals surface area contributed by atoms with Crippen molar-refractivity contribution >= 4 is 15.9 Å². The van der Waals surface area contributed by atoms with Gasteiger partial charge in [0.05, 0.1) is 0 Å². The van der Waals surface area contributed by atoms with E-state index in [9.17, 15) is 0 Å². The molecule has 7 heavy (non-hydrogen) atoms. The average molecular weight is 164 g/mol. The van der Waals surface area contributed by atoms with Gasteiger partial charge in [0.2, 0.25) is 0 Å². The number of halogens is 1. The van der Waals surface area contributed by atoms with Crippen molar-refractivity contribution in [2.45, 2.75) is 26.7 Å². The summed E-state index contributed by atoms with van der Waals surface area (Å²) in [5.41, 5.74) is 0. The highest BCUT2D eigenvalue weighted by molar-refractivity contribution is 9.10. The van der Waals surface area contributed by atoms with Crippen LogP contribution in [0.3, 0.4) is 0 Å². The van der Waals surface area contributed by atoms with E-state index in [1.807, 2.05) is 5.33 Å². The highest BCUT2D eigenvalue weighted by atomic mass is 79.9. The summed E-state index contributed by atoms with van der Waals surface area (Å²) in [7, 11) is 0. The van der Waals surface area contributed by atoms with Crippen molar-refractivity contribution in [3.8, 4) is 0 Å². The van der Waals surface area contributed by atoms with Gasteiger partial charge in [-0.2, -0.15) is 0 Å². The summed E-state index contributed by atoms with van der Waals surface area (Å²) >= 11 is 3.27. The van der Waals surface area contributed by atoms with Crippen LogP contribution in [0.15, 0.2) is 0 Å². The lowest BCUT2D eigenvalue weighted by Gasteiger charge is -2.01. The van der Waals surface area contributed by atoms with Gasteiger partial charge in [-0.05, 0) is 12.3 Å². The highest BCUT2D eigenvalue weighted by Crippen LogP contribution is 2.10. The second-order valence-electron chi connectivity index (χ2n) is 1.90. The van der Waals surface area contributed by atoms with Gasteiger partial charge in [-0.3, -0.25) is 0 Å². The molecule has 43 valence electrons. The first-order chi connectivity index (χ1) is 3.31. The lowest BCUT2D eigenvalue weighted by Crippen LogP contribution is -1.87. The van der Waals surface area contributed by atoms with Gasteiger partial charge in [-0.15, -0.1) is 0 Å². The number of hydrogen-bond donors (Lipinski definition) is 0. The van der Waals surface area contributed by atoms with Gasteiger partial charge in [0.25, 0.3) is 0 Å². The third-order valence-corrected chi connectivity index (χ3v) is 1.56. The molecule has 0 heterocycles. The Morgan fingerprint density at radius 1 is 1.71 bits per heavy atom. The Bertz CT molecular complexity index is 35.2.